The lowest BCUT2D eigenvalue weighted by molar-refractivity contribution is 0.0936. The molecule has 0 bridgehead atoms. The van der Waals surface area contributed by atoms with Gasteiger partial charge < -0.3 is 5.32 Å². The van der Waals surface area contributed by atoms with Crippen LogP contribution in [0.25, 0.3) is 0 Å². The predicted molar refractivity (Wildman–Crippen MR) is 75.9 cm³/mol. The minimum Gasteiger partial charge on any atom is -0.348 e. The van der Waals surface area contributed by atoms with E-state index >= 15 is 0 Å². The van der Waals surface area contributed by atoms with E-state index in [9.17, 15) is 4.79 Å². The lowest BCUT2D eigenvalue weighted by Crippen LogP contribution is -2.38. The molecule has 20 heavy (non-hydrogen) atoms. The van der Waals surface area contributed by atoms with Crippen LogP contribution in [0.5, 0.6) is 0 Å². The molecule has 1 amide bonds. The van der Waals surface area contributed by atoms with Gasteiger partial charge in [0.2, 0.25) is 0 Å². The molecule has 1 atom stereocenters. The SMILES string of the molecule is CC(C)c1nnsc1C(=O)NC1CCc2cn[nH]c2C1. The molecule has 0 fully saturated rings. The molecule has 0 spiro atoms. The molecule has 0 aromatic carbocycles. The monoisotopic (exact) mass is 291 g/mol. The highest BCUT2D eigenvalue weighted by Crippen LogP contribution is 2.22. The largest absolute Gasteiger partial charge is 0.348 e. The fourth-order valence-electron chi connectivity index (χ4n) is 2.52. The lowest BCUT2D eigenvalue weighted by atomic mass is 9.93. The van der Waals surface area contributed by atoms with E-state index in [2.05, 4.69) is 25.1 Å². The molecule has 2 N–H and O–H groups in total. The van der Waals surface area contributed by atoms with Crippen molar-refractivity contribution in [1.29, 1.82) is 0 Å². The Kier molecular flexibility index (Phi) is 3.52. The van der Waals surface area contributed by atoms with E-state index in [-0.39, 0.29) is 17.9 Å². The smallest absolute Gasteiger partial charge is 0.265 e. The normalized spacial score (nSPS) is 18.1. The number of hydrogen-bond acceptors (Lipinski definition) is 5. The van der Waals surface area contributed by atoms with Crippen molar-refractivity contribution in [3.05, 3.63) is 28.0 Å². The number of aromatic amines is 1. The molecule has 2 aromatic heterocycles. The van der Waals surface area contributed by atoms with Gasteiger partial charge in [-0.2, -0.15) is 5.10 Å². The number of carbonyl (C=O) groups excluding carboxylic acids is 1. The molecule has 6 nitrogen and oxygen atoms in total. The van der Waals surface area contributed by atoms with Crippen LogP contribution in [0.1, 0.15) is 52.8 Å². The molecule has 0 saturated carbocycles. The van der Waals surface area contributed by atoms with E-state index in [1.54, 1.807) is 0 Å². The van der Waals surface area contributed by atoms with Gasteiger partial charge in [0.15, 0.2) is 0 Å². The second kappa shape index (κ2) is 5.32. The summed E-state index contributed by atoms with van der Waals surface area (Å²) < 4.78 is 3.90. The fourth-order valence-corrected chi connectivity index (χ4v) is 3.24. The first-order valence-electron chi connectivity index (χ1n) is 6.79. The van der Waals surface area contributed by atoms with Crippen LogP contribution in [0.15, 0.2) is 6.20 Å². The Labute approximate surface area is 121 Å². The molecule has 1 aliphatic carbocycles. The van der Waals surface area contributed by atoms with E-state index in [1.807, 2.05) is 20.0 Å². The number of carbonyl (C=O) groups is 1. The first-order valence-corrected chi connectivity index (χ1v) is 7.56. The molecule has 2 aromatic rings. The van der Waals surface area contributed by atoms with E-state index in [0.29, 0.717) is 4.88 Å². The lowest BCUT2D eigenvalue weighted by Gasteiger charge is -2.22. The van der Waals surface area contributed by atoms with Gasteiger partial charge in [-0.1, -0.05) is 18.3 Å². The zero-order chi connectivity index (χ0) is 14.1. The van der Waals surface area contributed by atoms with Gasteiger partial charge in [0.25, 0.3) is 5.91 Å². The summed E-state index contributed by atoms with van der Waals surface area (Å²) in [6.07, 6.45) is 4.58. The first kappa shape index (κ1) is 13.2. The van der Waals surface area contributed by atoms with Gasteiger partial charge in [-0.15, -0.1) is 5.10 Å². The molecule has 106 valence electrons. The predicted octanol–water partition coefficient (Wildman–Crippen LogP) is 1.67. The number of H-pyrrole nitrogens is 1. The first-order chi connectivity index (χ1) is 9.65. The van der Waals surface area contributed by atoms with E-state index in [1.165, 1.54) is 17.1 Å². The Bertz CT molecular complexity index is 618. The molecule has 7 heteroatoms. The van der Waals surface area contributed by atoms with Crippen LogP contribution in [0.3, 0.4) is 0 Å². The number of fused-ring (bicyclic) bond motifs is 1. The van der Waals surface area contributed by atoms with Crippen LogP contribution >= 0.6 is 11.5 Å². The van der Waals surface area contributed by atoms with Crippen molar-refractivity contribution in [2.45, 2.75) is 45.1 Å². The average Bonchev–Trinajstić information content (AvgIpc) is 3.06. The third kappa shape index (κ3) is 2.45. The van der Waals surface area contributed by atoms with Crippen molar-refractivity contribution in [1.82, 2.24) is 25.1 Å². The molecule has 0 aliphatic heterocycles. The second-order valence-electron chi connectivity index (χ2n) is 5.43. The maximum Gasteiger partial charge on any atom is 0.265 e. The number of aromatic nitrogens is 4. The zero-order valence-corrected chi connectivity index (χ0v) is 12.3. The Hall–Kier alpha value is -1.76. The number of nitrogens with one attached hydrogen (secondary N) is 2. The summed E-state index contributed by atoms with van der Waals surface area (Å²) in [5.41, 5.74) is 3.18. The van der Waals surface area contributed by atoms with Crippen molar-refractivity contribution >= 4 is 17.4 Å². The van der Waals surface area contributed by atoms with E-state index in [0.717, 1.165) is 30.7 Å². The Balaban J connectivity index is 1.69. The van der Waals surface area contributed by atoms with Crippen molar-refractivity contribution in [2.75, 3.05) is 0 Å². The third-order valence-corrected chi connectivity index (χ3v) is 4.36. The molecule has 2 heterocycles. The van der Waals surface area contributed by atoms with Gasteiger partial charge in [0, 0.05) is 18.2 Å². The van der Waals surface area contributed by atoms with Crippen LogP contribution in [-0.4, -0.2) is 31.7 Å². The summed E-state index contributed by atoms with van der Waals surface area (Å²) in [6, 6.07) is 0.151. The van der Waals surface area contributed by atoms with E-state index in [4.69, 9.17) is 0 Å². The van der Waals surface area contributed by atoms with Gasteiger partial charge in [-0.05, 0) is 35.9 Å². The minimum absolute atomic E-state index is 0.0586. The Morgan fingerprint density at radius 3 is 3.20 bits per heavy atom. The van der Waals surface area contributed by atoms with Crippen molar-refractivity contribution in [3.63, 3.8) is 0 Å². The molecule has 0 radical (unpaired) electrons. The standard InChI is InChI=1S/C13H17N5OS/c1-7(2)11-12(20-18-17-11)13(19)15-9-4-3-8-6-14-16-10(8)5-9/h6-7,9H,3-5H2,1-2H3,(H,14,16)(H,15,19). The average molecular weight is 291 g/mol. The van der Waals surface area contributed by atoms with Crippen LogP contribution < -0.4 is 5.32 Å². The number of aryl methyl sites for hydroxylation is 1. The highest BCUT2D eigenvalue weighted by molar-refractivity contribution is 7.08. The number of rotatable bonds is 3. The third-order valence-electron chi connectivity index (χ3n) is 3.62. The highest BCUT2D eigenvalue weighted by Gasteiger charge is 2.25. The molecule has 1 unspecified atom stereocenters. The molecule has 1 aliphatic rings. The van der Waals surface area contributed by atoms with Crippen molar-refractivity contribution in [2.24, 2.45) is 0 Å². The maximum absolute atomic E-state index is 12.3. The van der Waals surface area contributed by atoms with Gasteiger partial charge in [0.05, 0.1) is 11.9 Å². The van der Waals surface area contributed by atoms with Gasteiger partial charge in [0.1, 0.15) is 4.88 Å². The molecule has 3 rings (SSSR count). The van der Waals surface area contributed by atoms with Gasteiger partial charge in [-0.25, -0.2) is 0 Å². The summed E-state index contributed by atoms with van der Waals surface area (Å²) in [4.78, 5) is 13.0. The summed E-state index contributed by atoms with van der Waals surface area (Å²) in [5.74, 6) is 0.150. The summed E-state index contributed by atoms with van der Waals surface area (Å²) in [7, 11) is 0. The molecular weight excluding hydrogens is 274 g/mol. The summed E-state index contributed by atoms with van der Waals surface area (Å²) >= 11 is 1.17. The zero-order valence-electron chi connectivity index (χ0n) is 11.5. The van der Waals surface area contributed by atoms with Crippen molar-refractivity contribution in [3.8, 4) is 0 Å². The van der Waals surface area contributed by atoms with Gasteiger partial charge in [-0.3, -0.25) is 9.89 Å². The summed E-state index contributed by atoms with van der Waals surface area (Å²) in [6.45, 7) is 4.04. The van der Waals surface area contributed by atoms with Crippen LogP contribution in [0, 0.1) is 0 Å². The Morgan fingerprint density at radius 2 is 2.40 bits per heavy atom. The quantitative estimate of drug-likeness (QED) is 0.901. The second-order valence-corrected chi connectivity index (χ2v) is 6.18. The maximum atomic E-state index is 12.3. The van der Waals surface area contributed by atoms with E-state index < -0.39 is 0 Å². The fraction of sp³-hybridized carbons (Fsp3) is 0.538. The van der Waals surface area contributed by atoms with Crippen LogP contribution in [0.2, 0.25) is 0 Å². The number of amides is 1. The topological polar surface area (TPSA) is 83.6 Å². The Morgan fingerprint density at radius 1 is 1.55 bits per heavy atom. The van der Waals surface area contributed by atoms with Crippen molar-refractivity contribution < 1.29 is 4.79 Å². The summed E-state index contributed by atoms with van der Waals surface area (Å²) in [5, 5.41) is 14.2. The van der Waals surface area contributed by atoms with Crippen LogP contribution in [0.4, 0.5) is 0 Å². The number of nitrogens with zero attached hydrogens (tertiary/aromatic N) is 3. The molecular formula is C13H17N5OS. The minimum atomic E-state index is -0.0586. The van der Waals surface area contributed by atoms with Crippen LogP contribution in [-0.2, 0) is 12.8 Å². The molecule has 0 saturated heterocycles. The number of hydrogen-bond donors (Lipinski definition) is 2. The highest BCUT2D eigenvalue weighted by atomic mass is 32.1. The van der Waals surface area contributed by atoms with Gasteiger partial charge >= 0.3 is 0 Å².